The number of aromatic nitrogens is 3. The highest BCUT2D eigenvalue weighted by molar-refractivity contribution is 5.95. The molecule has 20 heavy (non-hydrogen) atoms. The van der Waals surface area contributed by atoms with E-state index in [4.69, 9.17) is 5.73 Å². The van der Waals surface area contributed by atoms with E-state index in [0.717, 1.165) is 17.1 Å². The van der Waals surface area contributed by atoms with Crippen LogP contribution in [0.4, 0.5) is 5.69 Å². The molecule has 106 valence electrons. The Balaban J connectivity index is 2.23. The van der Waals surface area contributed by atoms with Gasteiger partial charge < -0.3 is 15.6 Å². The van der Waals surface area contributed by atoms with Gasteiger partial charge in [-0.1, -0.05) is 12.1 Å². The zero-order valence-corrected chi connectivity index (χ0v) is 11.9. The van der Waals surface area contributed by atoms with Crippen LogP contribution in [-0.2, 0) is 11.8 Å². The second-order valence-corrected chi connectivity index (χ2v) is 5.39. The summed E-state index contributed by atoms with van der Waals surface area (Å²) in [5, 5.41) is 10.8. The Labute approximate surface area is 118 Å². The maximum absolute atomic E-state index is 12.1. The van der Waals surface area contributed by atoms with Crippen LogP contribution >= 0.6 is 0 Å². The second-order valence-electron chi connectivity index (χ2n) is 5.39. The Morgan fingerprint density at radius 3 is 2.80 bits per heavy atom. The predicted molar refractivity (Wildman–Crippen MR) is 77.9 cm³/mol. The Morgan fingerprint density at radius 2 is 2.20 bits per heavy atom. The molecule has 0 spiro atoms. The van der Waals surface area contributed by atoms with Crippen molar-refractivity contribution >= 4 is 11.6 Å². The molecule has 0 atom stereocenters. The fraction of sp³-hybridized carbons (Fsp3) is 0.357. The van der Waals surface area contributed by atoms with Crippen LogP contribution in [0.3, 0.4) is 0 Å². The highest BCUT2D eigenvalue weighted by atomic mass is 16.2. The Bertz CT molecular complexity index is 618. The molecular formula is C14H19N5O. The Kier molecular flexibility index (Phi) is 3.85. The SMILES string of the molecule is Cn1cnnc1-c1cccc(NC(=O)C(C)(C)CN)c1. The third kappa shape index (κ3) is 2.85. The van der Waals surface area contributed by atoms with Crippen LogP contribution in [0.5, 0.6) is 0 Å². The van der Waals surface area contributed by atoms with Crippen molar-refractivity contribution in [1.82, 2.24) is 14.8 Å². The van der Waals surface area contributed by atoms with Crippen molar-refractivity contribution in [3.05, 3.63) is 30.6 Å². The van der Waals surface area contributed by atoms with Crippen LogP contribution < -0.4 is 11.1 Å². The minimum atomic E-state index is -0.596. The van der Waals surface area contributed by atoms with E-state index in [-0.39, 0.29) is 5.91 Å². The van der Waals surface area contributed by atoms with Crippen molar-refractivity contribution in [2.75, 3.05) is 11.9 Å². The fourth-order valence-corrected chi connectivity index (χ4v) is 1.67. The van der Waals surface area contributed by atoms with Gasteiger partial charge in [0.2, 0.25) is 5.91 Å². The lowest BCUT2D eigenvalue weighted by Gasteiger charge is -2.21. The molecule has 0 aliphatic heterocycles. The lowest BCUT2D eigenvalue weighted by molar-refractivity contribution is -0.123. The summed E-state index contributed by atoms with van der Waals surface area (Å²) in [6.45, 7) is 3.92. The van der Waals surface area contributed by atoms with Gasteiger partial charge in [0.1, 0.15) is 6.33 Å². The summed E-state index contributed by atoms with van der Waals surface area (Å²) in [6, 6.07) is 7.50. The van der Waals surface area contributed by atoms with E-state index < -0.39 is 5.41 Å². The van der Waals surface area contributed by atoms with Crippen LogP contribution in [0.15, 0.2) is 30.6 Å². The number of hydrogen-bond donors (Lipinski definition) is 2. The van der Waals surface area contributed by atoms with Crippen molar-refractivity contribution in [2.24, 2.45) is 18.2 Å². The molecule has 1 aromatic heterocycles. The van der Waals surface area contributed by atoms with Crippen LogP contribution in [-0.4, -0.2) is 27.2 Å². The molecule has 1 amide bonds. The number of nitrogens with two attached hydrogens (primary N) is 1. The summed E-state index contributed by atoms with van der Waals surface area (Å²) in [6.07, 6.45) is 1.64. The largest absolute Gasteiger partial charge is 0.329 e. The Hall–Kier alpha value is -2.21. The number of nitrogens with zero attached hydrogens (tertiary/aromatic N) is 3. The first-order valence-electron chi connectivity index (χ1n) is 6.40. The number of benzene rings is 1. The number of carbonyl (C=O) groups is 1. The van der Waals surface area contributed by atoms with Gasteiger partial charge in [-0.25, -0.2) is 0 Å². The smallest absolute Gasteiger partial charge is 0.231 e. The lowest BCUT2D eigenvalue weighted by atomic mass is 9.92. The zero-order valence-electron chi connectivity index (χ0n) is 11.9. The molecule has 3 N–H and O–H groups in total. The number of anilines is 1. The first kappa shape index (κ1) is 14.2. The summed E-state index contributed by atoms with van der Waals surface area (Å²) in [5.74, 6) is 0.647. The van der Waals surface area contributed by atoms with E-state index in [9.17, 15) is 4.79 Å². The highest BCUT2D eigenvalue weighted by Crippen LogP contribution is 2.22. The highest BCUT2D eigenvalue weighted by Gasteiger charge is 2.25. The molecule has 6 heteroatoms. The third-order valence-electron chi connectivity index (χ3n) is 3.22. The lowest BCUT2D eigenvalue weighted by Crippen LogP contribution is -2.37. The summed E-state index contributed by atoms with van der Waals surface area (Å²) in [5.41, 5.74) is 6.63. The van der Waals surface area contributed by atoms with Gasteiger partial charge in [-0.05, 0) is 26.0 Å². The number of aryl methyl sites for hydroxylation is 1. The first-order chi connectivity index (χ1) is 9.44. The number of rotatable bonds is 4. The van der Waals surface area contributed by atoms with Crippen molar-refractivity contribution in [3.63, 3.8) is 0 Å². The first-order valence-corrected chi connectivity index (χ1v) is 6.40. The molecule has 0 radical (unpaired) electrons. The third-order valence-corrected chi connectivity index (χ3v) is 3.22. The van der Waals surface area contributed by atoms with Gasteiger partial charge >= 0.3 is 0 Å². The average Bonchev–Trinajstić information content (AvgIpc) is 2.85. The fourth-order valence-electron chi connectivity index (χ4n) is 1.67. The monoisotopic (exact) mass is 273 g/mol. The molecule has 2 aromatic rings. The van der Waals surface area contributed by atoms with Gasteiger partial charge in [-0.2, -0.15) is 0 Å². The quantitative estimate of drug-likeness (QED) is 0.881. The predicted octanol–water partition coefficient (Wildman–Crippen LogP) is 1.41. The zero-order chi connectivity index (χ0) is 14.8. The molecule has 0 saturated heterocycles. The molecule has 1 aromatic carbocycles. The molecule has 0 aliphatic carbocycles. The van der Waals surface area contributed by atoms with Gasteiger partial charge in [-0.3, -0.25) is 4.79 Å². The Morgan fingerprint density at radius 1 is 1.45 bits per heavy atom. The van der Waals surface area contributed by atoms with Crippen LogP contribution in [0.25, 0.3) is 11.4 Å². The van der Waals surface area contributed by atoms with Gasteiger partial charge in [0.15, 0.2) is 5.82 Å². The maximum Gasteiger partial charge on any atom is 0.231 e. The normalized spacial score (nSPS) is 11.4. The molecule has 2 rings (SSSR count). The number of amides is 1. The molecule has 0 bridgehead atoms. The molecule has 0 saturated carbocycles. The number of hydrogen-bond acceptors (Lipinski definition) is 4. The minimum absolute atomic E-state index is 0.102. The van der Waals surface area contributed by atoms with Crippen LogP contribution in [0, 0.1) is 5.41 Å². The number of carbonyl (C=O) groups excluding carboxylic acids is 1. The molecule has 0 unspecified atom stereocenters. The average molecular weight is 273 g/mol. The topological polar surface area (TPSA) is 85.8 Å². The molecular weight excluding hydrogens is 254 g/mol. The van der Waals surface area contributed by atoms with E-state index in [2.05, 4.69) is 15.5 Å². The summed E-state index contributed by atoms with van der Waals surface area (Å²) in [7, 11) is 1.87. The van der Waals surface area contributed by atoms with Crippen molar-refractivity contribution in [3.8, 4) is 11.4 Å². The van der Waals surface area contributed by atoms with Crippen molar-refractivity contribution < 1.29 is 4.79 Å². The van der Waals surface area contributed by atoms with Crippen molar-refractivity contribution in [2.45, 2.75) is 13.8 Å². The summed E-state index contributed by atoms with van der Waals surface area (Å²) >= 11 is 0. The van der Waals surface area contributed by atoms with Crippen LogP contribution in [0.1, 0.15) is 13.8 Å². The minimum Gasteiger partial charge on any atom is -0.329 e. The molecule has 0 fully saturated rings. The second kappa shape index (κ2) is 5.42. The van der Waals surface area contributed by atoms with Gasteiger partial charge in [0.25, 0.3) is 0 Å². The summed E-state index contributed by atoms with van der Waals surface area (Å²) < 4.78 is 1.82. The van der Waals surface area contributed by atoms with Crippen molar-refractivity contribution in [1.29, 1.82) is 0 Å². The van der Waals surface area contributed by atoms with E-state index >= 15 is 0 Å². The van der Waals surface area contributed by atoms with E-state index in [0.29, 0.717) is 6.54 Å². The van der Waals surface area contributed by atoms with Crippen LogP contribution in [0.2, 0.25) is 0 Å². The van der Waals surface area contributed by atoms with E-state index in [1.54, 1.807) is 6.33 Å². The van der Waals surface area contributed by atoms with Gasteiger partial charge in [-0.15, -0.1) is 10.2 Å². The molecule has 0 aliphatic rings. The van der Waals surface area contributed by atoms with E-state index in [1.807, 2.05) is 49.7 Å². The molecule has 6 nitrogen and oxygen atoms in total. The van der Waals surface area contributed by atoms with Gasteiger partial charge in [0, 0.05) is 24.8 Å². The maximum atomic E-state index is 12.1. The molecule has 1 heterocycles. The van der Waals surface area contributed by atoms with E-state index in [1.165, 1.54) is 0 Å². The standard InChI is InChI=1S/C14H19N5O/c1-14(2,8-15)13(20)17-11-6-4-5-10(7-11)12-18-16-9-19(12)3/h4-7,9H,8,15H2,1-3H3,(H,17,20). The number of nitrogens with one attached hydrogen (secondary N) is 1. The van der Waals surface area contributed by atoms with Gasteiger partial charge in [0.05, 0.1) is 5.41 Å². The summed E-state index contributed by atoms with van der Waals surface area (Å²) in [4.78, 5) is 12.1.